The second-order valence-electron chi connectivity index (χ2n) is 6.37. The molecule has 1 atom stereocenters. The van der Waals surface area contributed by atoms with E-state index in [4.69, 9.17) is 4.42 Å². The van der Waals surface area contributed by atoms with Crippen molar-refractivity contribution >= 4 is 33.5 Å². The lowest BCUT2D eigenvalue weighted by molar-refractivity contribution is -0.115. The third-order valence-corrected chi connectivity index (χ3v) is 4.53. The van der Waals surface area contributed by atoms with Gasteiger partial charge in [-0.15, -0.1) is 0 Å². The molecule has 0 saturated heterocycles. The second kappa shape index (κ2) is 7.02. The number of nitrogens with one attached hydrogen (secondary N) is 2. The normalized spacial score (nSPS) is 12.3. The van der Waals surface area contributed by atoms with Gasteiger partial charge in [0, 0.05) is 22.5 Å². The molecule has 4 rings (SSSR count). The van der Waals surface area contributed by atoms with Crippen LogP contribution in [0.25, 0.3) is 21.9 Å². The summed E-state index contributed by atoms with van der Waals surface area (Å²) >= 11 is 0. The van der Waals surface area contributed by atoms with Gasteiger partial charge in [-0.25, -0.2) is 0 Å². The fourth-order valence-corrected chi connectivity index (χ4v) is 3.11. The molecular weight excluding hydrogens is 324 g/mol. The molecule has 0 aliphatic carbocycles. The predicted octanol–water partition coefficient (Wildman–Crippen LogP) is 4.88. The molecule has 3 aromatic carbocycles. The zero-order valence-corrected chi connectivity index (χ0v) is 14.5. The molecule has 0 fully saturated rings. The maximum Gasteiger partial charge on any atom is 0.238 e. The number of fused-ring (bicyclic) bond motifs is 3. The van der Waals surface area contributed by atoms with Gasteiger partial charge in [0.05, 0.1) is 6.54 Å². The van der Waals surface area contributed by atoms with Gasteiger partial charge < -0.3 is 15.1 Å². The first kappa shape index (κ1) is 16.4. The first-order chi connectivity index (χ1) is 12.7. The molecule has 0 saturated carbocycles. The summed E-state index contributed by atoms with van der Waals surface area (Å²) in [7, 11) is 0. The van der Waals surface area contributed by atoms with Gasteiger partial charge in [-0.05, 0) is 36.8 Å². The van der Waals surface area contributed by atoms with Gasteiger partial charge in [-0.3, -0.25) is 4.79 Å². The summed E-state index contributed by atoms with van der Waals surface area (Å²) in [5, 5.41) is 8.26. The van der Waals surface area contributed by atoms with E-state index in [0.717, 1.165) is 33.2 Å². The Balaban J connectivity index is 1.45. The molecule has 2 N–H and O–H groups in total. The van der Waals surface area contributed by atoms with Crippen molar-refractivity contribution in [2.75, 3.05) is 11.9 Å². The van der Waals surface area contributed by atoms with Crippen LogP contribution in [-0.2, 0) is 4.79 Å². The Labute approximate surface area is 151 Å². The predicted molar refractivity (Wildman–Crippen MR) is 105 cm³/mol. The molecule has 130 valence electrons. The van der Waals surface area contributed by atoms with E-state index in [1.807, 2.05) is 79.7 Å². The monoisotopic (exact) mass is 344 g/mol. The number of furan rings is 1. The summed E-state index contributed by atoms with van der Waals surface area (Å²) in [6.07, 6.45) is 0. The van der Waals surface area contributed by atoms with E-state index >= 15 is 0 Å². The van der Waals surface area contributed by atoms with Crippen molar-refractivity contribution < 1.29 is 9.21 Å². The van der Waals surface area contributed by atoms with Crippen LogP contribution in [-0.4, -0.2) is 12.5 Å². The number of hydrogen-bond acceptors (Lipinski definition) is 3. The Kier molecular flexibility index (Phi) is 4.42. The van der Waals surface area contributed by atoms with Crippen LogP contribution in [0.2, 0.25) is 0 Å². The quantitative estimate of drug-likeness (QED) is 0.543. The Bertz CT molecular complexity index is 1050. The first-order valence-corrected chi connectivity index (χ1v) is 8.70. The third kappa shape index (κ3) is 3.32. The first-order valence-electron chi connectivity index (χ1n) is 8.70. The maximum absolute atomic E-state index is 12.3. The standard InChI is InChI=1S/C22H20N2O2/c1-15(16-7-3-2-4-8-16)23-14-22(25)24-17-11-12-21-19(13-17)18-9-5-6-10-20(18)26-21/h2-13,15,23H,14H2,1H3,(H,24,25)/t15-/m0/s1. The van der Waals surface area contributed by atoms with Crippen LogP contribution in [0.5, 0.6) is 0 Å². The highest BCUT2D eigenvalue weighted by Crippen LogP contribution is 2.30. The van der Waals surface area contributed by atoms with E-state index in [1.54, 1.807) is 0 Å². The number of para-hydroxylation sites is 1. The Morgan fingerprint density at radius 1 is 0.923 bits per heavy atom. The molecule has 26 heavy (non-hydrogen) atoms. The minimum atomic E-state index is -0.0695. The number of carbonyl (C=O) groups is 1. The third-order valence-electron chi connectivity index (χ3n) is 4.53. The molecular formula is C22H20N2O2. The van der Waals surface area contributed by atoms with Crippen LogP contribution in [0.4, 0.5) is 5.69 Å². The average molecular weight is 344 g/mol. The van der Waals surface area contributed by atoms with Gasteiger partial charge in [0.2, 0.25) is 5.91 Å². The molecule has 1 amide bonds. The van der Waals surface area contributed by atoms with E-state index < -0.39 is 0 Å². The van der Waals surface area contributed by atoms with Crippen molar-refractivity contribution in [3.05, 3.63) is 78.4 Å². The zero-order chi connectivity index (χ0) is 17.9. The fraction of sp³-hybridized carbons (Fsp3) is 0.136. The molecule has 0 aliphatic heterocycles. The van der Waals surface area contributed by atoms with Crippen molar-refractivity contribution in [1.29, 1.82) is 0 Å². The summed E-state index contributed by atoms with van der Waals surface area (Å²) in [6, 6.07) is 23.8. The van der Waals surface area contributed by atoms with E-state index in [9.17, 15) is 4.79 Å². The largest absolute Gasteiger partial charge is 0.456 e. The van der Waals surface area contributed by atoms with Gasteiger partial charge in [-0.2, -0.15) is 0 Å². The van der Waals surface area contributed by atoms with E-state index in [1.165, 1.54) is 0 Å². The summed E-state index contributed by atoms with van der Waals surface area (Å²) in [6.45, 7) is 2.30. The number of rotatable bonds is 5. The lowest BCUT2D eigenvalue weighted by Crippen LogP contribution is -2.30. The van der Waals surface area contributed by atoms with Gasteiger partial charge in [0.1, 0.15) is 11.2 Å². The summed E-state index contributed by atoms with van der Waals surface area (Å²) in [5.41, 5.74) is 3.60. The van der Waals surface area contributed by atoms with Gasteiger partial charge in [0.15, 0.2) is 0 Å². The van der Waals surface area contributed by atoms with E-state index in [0.29, 0.717) is 0 Å². The lowest BCUT2D eigenvalue weighted by atomic mass is 10.1. The van der Waals surface area contributed by atoms with Crippen molar-refractivity contribution in [3.63, 3.8) is 0 Å². The highest BCUT2D eigenvalue weighted by molar-refractivity contribution is 6.07. The van der Waals surface area contributed by atoms with Gasteiger partial charge in [0.25, 0.3) is 0 Å². The topological polar surface area (TPSA) is 54.3 Å². The molecule has 4 aromatic rings. The van der Waals surface area contributed by atoms with Crippen LogP contribution in [0.15, 0.2) is 77.2 Å². The number of hydrogen-bond donors (Lipinski definition) is 2. The van der Waals surface area contributed by atoms with Crippen LogP contribution in [0, 0.1) is 0 Å². The minimum absolute atomic E-state index is 0.0695. The van der Waals surface area contributed by atoms with E-state index in [2.05, 4.69) is 10.6 Å². The van der Waals surface area contributed by atoms with Crippen molar-refractivity contribution in [2.45, 2.75) is 13.0 Å². The van der Waals surface area contributed by atoms with Crippen LogP contribution < -0.4 is 10.6 Å². The summed E-state index contributed by atoms with van der Waals surface area (Å²) in [5.74, 6) is -0.0695. The molecule has 0 unspecified atom stereocenters. The molecule has 0 aliphatic rings. The Morgan fingerprint density at radius 2 is 1.65 bits per heavy atom. The Hall–Kier alpha value is -3.11. The fourth-order valence-electron chi connectivity index (χ4n) is 3.11. The highest BCUT2D eigenvalue weighted by Gasteiger charge is 2.10. The molecule has 4 heteroatoms. The molecule has 1 aromatic heterocycles. The van der Waals surface area contributed by atoms with Crippen LogP contribution in [0.1, 0.15) is 18.5 Å². The average Bonchev–Trinajstić information content (AvgIpc) is 3.05. The van der Waals surface area contributed by atoms with Crippen molar-refractivity contribution in [2.24, 2.45) is 0 Å². The van der Waals surface area contributed by atoms with Gasteiger partial charge in [-0.1, -0.05) is 48.5 Å². The highest BCUT2D eigenvalue weighted by atomic mass is 16.3. The van der Waals surface area contributed by atoms with Gasteiger partial charge >= 0.3 is 0 Å². The van der Waals surface area contributed by atoms with Crippen LogP contribution in [0.3, 0.4) is 0 Å². The minimum Gasteiger partial charge on any atom is -0.456 e. The smallest absolute Gasteiger partial charge is 0.238 e. The van der Waals surface area contributed by atoms with Crippen molar-refractivity contribution in [3.8, 4) is 0 Å². The number of amides is 1. The molecule has 1 heterocycles. The lowest BCUT2D eigenvalue weighted by Gasteiger charge is -2.14. The zero-order valence-electron chi connectivity index (χ0n) is 14.5. The summed E-state index contributed by atoms with van der Waals surface area (Å²) < 4.78 is 5.82. The van der Waals surface area contributed by atoms with Crippen LogP contribution >= 0.6 is 0 Å². The molecule has 0 bridgehead atoms. The SMILES string of the molecule is C[C@H](NCC(=O)Nc1ccc2oc3ccccc3c2c1)c1ccccc1. The number of benzene rings is 3. The molecule has 4 nitrogen and oxygen atoms in total. The number of carbonyl (C=O) groups excluding carboxylic acids is 1. The molecule has 0 radical (unpaired) electrons. The second-order valence-corrected chi connectivity index (χ2v) is 6.37. The molecule has 0 spiro atoms. The number of anilines is 1. The van der Waals surface area contributed by atoms with Crippen molar-refractivity contribution in [1.82, 2.24) is 5.32 Å². The Morgan fingerprint density at radius 3 is 2.50 bits per heavy atom. The summed E-state index contributed by atoms with van der Waals surface area (Å²) in [4.78, 5) is 12.3. The maximum atomic E-state index is 12.3. The van der Waals surface area contributed by atoms with E-state index in [-0.39, 0.29) is 18.5 Å².